The third-order valence-corrected chi connectivity index (χ3v) is 8.05. The molecule has 3 heterocycles. The summed E-state index contributed by atoms with van der Waals surface area (Å²) in [5.41, 5.74) is 3.58. The monoisotopic (exact) mass is 578 g/mol. The van der Waals surface area contributed by atoms with Gasteiger partial charge in [-0.3, -0.25) is 4.79 Å². The van der Waals surface area contributed by atoms with Gasteiger partial charge in [-0.1, -0.05) is 36.4 Å². The summed E-state index contributed by atoms with van der Waals surface area (Å²) >= 11 is 0. The Balaban J connectivity index is 1.05. The third-order valence-electron chi connectivity index (χ3n) is 8.05. The Morgan fingerprint density at radius 3 is 2.58 bits per heavy atom. The number of carbonyl (C=O) groups excluding carboxylic acids is 1. The van der Waals surface area contributed by atoms with Crippen molar-refractivity contribution < 1.29 is 28.2 Å². The summed E-state index contributed by atoms with van der Waals surface area (Å²) in [5, 5.41) is 9.96. The van der Waals surface area contributed by atoms with Crippen LogP contribution in [-0.4, -0.2) is 41.5 Å². The number of pyridine rings is 1. The molecule has 1 N–H and O–H groups in total. The number of ketones is 1. The first-order chi connectivity index (χ1) is 20.9. The predicted molar refractivity (Wildman–Crippen MR) is 162 cm³/mol. The molecule has 1 saturated heterocycles. The lowest BCUT2D eigenvalue weighted by atomic mass is 9.97. The number of halogens is 1. The second kappa shape index (κ2) is 12.1. The van der Waals surface area contributed by atoms with Crippen LogP contribution in [0.5, 0.6) is 5.75 Å². The van der Waals surface area contributed by atoms with Gasteiger partial charge < -0.3 is 19.2 Å². The van der Waals surface area contributed by atoms with E-state index in [0.717, 1.165) is 53.8 Å². The molecule has 6 rings (SSSR count). The zero-order chi connectivity index (χ0) is 29.9. The fraction of sp³-hybridized carbons (Fsp3) is 0.229. The highest BCUT2D eigenvalue weighted by atomic mass is 19.1. The van der Waals surface area contributed by atoms with E-state index < -0.39 is 5.97 Å². The number of hydrogen-bond acceptors (Lipinski definition) is 6. The molecule has 0 radical (unpaired) electrons. The van der Waals surface area contributed by atoms with Crippen molar-refractivity contribution in [3.63, 3.8) is 0 Å². The lowest BCUT2D eigenvalue weighted by Crippen LogP contribution is -2.36. The van der Waals surface area contributed by atoms with Gasteiger partial charge in [0.2, 0.25) is 5.78 Å². The number of benzene rings is 3. The van der Waals surface area contributed by atoms with Crippen LogP contribution < -0.4 is 9.64 Å². The van der Waals surface area contributed by atoms with Crippen molar-refractivity contribution in [1.82, 2.24) is 4.98 Å². The summed E-state index contributed by atoms with van der Waals surface area (Å²) in [6.45, 7) is 4.06. The van der Waals surface area contributed by atoms with E-state index in [4.69, 9.17) is 14.3 Å². The summed E-state index contributed by atoms with van der Waals surface area (Å²) in [4.78, 5) is 31.3. The van der Waals surface area contributed by atoms with Gasteiger partial charge in [0.15, 0.2) is 5.76 Å². The van der Waals surface area contributed by atoms with Gasteiger partial charge in [-0.2, -0.15) is 0 Å². The van der Waals surface area contributed by atoms with Gasteiger partial charge in [-0.25, -0.2) is 14.2 Å². The molecular weight excluding hydrogens is 547 g/mol. The molecule has 43 heavy (non-hydrogen) atoms. The highest BCUT2D eigenvalue weighted by molar-refractivity contribution is 6.02. The van der Waals surface area contributed by atoms with Gasteiger partial charge in [0.05, 0.1) is 12.2 Å². The predicted octanol–water partition coefficient (Wildman–Crippen LogP) is 7.36. The number of Topliss-reactive ketones (excluding diaryl/α,β-unsaturated/α-hetero) is 1. The fourth-order valence-electron chi connectivity index (χ4n) is 5.59. The summed E-state index contributed by atoms with van der Waals surface area (Å²) in [5.74, 6) is 0.715. The first-order valence-electron chi connectivity index (χ1n) is 14.3. The number of carboxylic acid groups (broad SMARTS) is 1. The lowest BCUT2D eigenvalue weighted by Gasteiger charge is -2.32. The van der Waals surface area contributed by atoms with E-state index in [1.54, 1.807) is 60.8 Å². The third kappa shape index (κ3) is 6.14. The Bertz CT molecular complexity index is 1790. The zero-order valence-corrected chi connectivity index (χ0v) is 23.8. The maximum Gasteiger partial charge on any atom is 0.335 e. The molecule has 2 aromatic heterocycles. The molecule has 0 saturated carbocycles. The Labute approximate surface area is 248 Å². The SMILES string of the molecule is Cc1c(C(=O)Cc2ccc(N3CCC(COc4cccc(C(=O)O)c4)CC3)nc2)oc2ccc(-c3ccccc3F)cc12. The number of rotatable bonds is 9. The molecule has 1 fully saturated rings. The molecule has 3 aromatic carbocycles. The zero-order valence-electron chi connectivity index (χ0n) is 23.8. The Kier molecular flexibility index (Phi) is 7.92. The quantitative estimate of drug-likeness (QED) is 0.183. The number of piperidine rings is 1. The van der Waals surface area contributed by atoms with Gasteiger partial charge in [0.25, 0.3) is 0 Å². The highest BCUT2D eigenvalue weighted by Crippen LogP contribution is 2.32. The number of aryl methyl sites for hydroxylation is 1. The highest BCUT2D eigenvalue weighted by Gasteiger charge is 2.22. The number of fused-ring (bicyclic) bond motifs is 1. The van der Waals surface area contributed by atoms with Crippen molar-refractivity contribution in [3.05, 3.63) is 113 Å². The van der Waals surface area contributed by atoms with Gasteiger partial charge in [0.1, 0.15) is 23.0 Å². The maximum absolute atomic E-state index is 14.3. The Hall–Kier alpha value is -4.98. The van der Waals surface area contributed by atoms with Crippen molar-refractivity contribution >= 4 is 28.5 Å². The van der Waals surface area contributed by atoms with Gasteiger partial charge >= 0.3 is 5.97 Å². The topological polar surface area (TPSA) is 92.9 Å². The van der Waals surface area contributed by atoms with E-state index in [1.165, 1.54) is 6.07 Å². The number of carbonyl (C=O) groups is 2. The molecule has 0 amide bonds. The van der Waals surface area contributed by atoms with Crippen LogP contribution >= 0.6 is 0 Å². The number of furan rings is 1. The lowest BCUT2D eigenvalue weighted by molar-refractivity contribution is 0.0696. The van der Waals surface area contributed by atoms with E-state index in [1.807, 2.05) is 25.1 Å². The van der Waals surface area contributed by atoms with Gasteiger partial charge in [-0.05, 0) is 79.3 Å². The minimum Gasteiger partial charge on any atom is -0.493 e. The molecule has 5 aromatic rings. The van der Waals surface area contributed by atoms with Crippen LogP contribution in [0.25, 0.3) is 22.1 Å². The molecule has 0 aliphatic carbocycles. The Morgan fingerprint density at radius 1 is 1.02 bits per heavy atom. The van der Waals surface area contributed by atoms with Crippen LogP contribution in [0.2, 0.25) is 0 Å². The number of ether oxygens (including phenoxy) is 1. The average Bonchev–Trinajstić information content (AvgIpc) is 3.36. The van der Waals surface area contributed by atoms with Crippen molar-refractivity contribution in [2.45, 2.75) is 26.2 Å². The van der Waals surface area contributed by atoms with Crippen molar-refractivity contribution in [1.29, 1.82) is 0 Å². The van der Waals surface area contributed by atoms with E-state index in [9.17, 15) is 14.0 Å². The summed E-state index contributed by atoms with van der Waals surface area (Å²) in [6.07, 6.45) is 3.78. The normalized spacial score (nSPS) is 13.8. The second-order valence-corrected chi connectivity index (χ2v) is 10.9. The molecule has 0 atom stereocenters. The number of hydrogen-bond donors (Lipinski definition) is 1. The molecule has 0 unspecified atom stereocenters. The van der Waals surface area contributed by atoms with E-state index in [2.05, 4.69) is 9.88 Å². The average molecular weight is 579 g/mol. The fourth-order valence-corrected chi connectivity index (χ4v) is 5.59. The molecule has 8 heteroatoms. The molecule has 218 valence electrons. The first kappa shape index (κ1) is 28.2. The van der Waals surface area contributed by atoms with Crippen LogP contribution in [0, 0.1) is 18.7 Å². The van der Waals surface area contributed by atoms with Crippen LogP contribution in [-0.2, 0) is 6.42 Å². The van der Waals surface area contributed by atoms with Gasteiger partial charge in [0, 0.05) is 42.2 Å². The van der Waals surface area contributed by atoms with E-state index in [0.29, 0.717) is 35.2 Å². The first-order valence-corrected chi connectivity index (χ1v) is 14.3. The summed E-state index contributed by atoms with van der Waals surface area (Å²) in [6, 6.07) is 22.5. The van der Waals surface area contributed by atoms with E-state index >= 15 is 0 Å². The number of nitrogens with zero attached hydrogens (tertiary/aromatic N) is 2. The van der Waals surface area contributed by atoms with E-state index in [-0.39, 0.29) is 23.6 Å². The number of aromatic carboxylic acids is 1. The standard InChI is InChI=1S/C35H31FN2O5/c1-22-29-19-25(28-7-2-3-8-30(28)36)10-11-32(29)43-34(22)31(39)17-24-9-12-33(37-20-24)38-15-13-23(14-16-38)21-42-27-6-4-5-26(18-27)35(40)41/h2-12,18-20,23H,13-17,21H2,1H3,(H,40,41). The largest absolute Gasteiger partial charge is 0.493 e. The van der Waals surface area contributed by atoms with Crippen LogP contribution in [0.15, 0.2) is 89.5 Å². The van der Waals surface area contributed by atoms with Gasteiger partial charge in [-0.15, -0.1) is 0 Å². The van der Waals surface area contributed by atoms with Crippen molar-refractivity contribution in [2.75, 3.05) is 24.6 Å². The van der Waals surface area contributed by atoms with Crippen LogP contribution in [0.1, 0.15) is 44.9 Å². The molecule has 0 spiro atoms. The smallest absolute Gasteiger partial charge is 0.335 e. The maximum atomic E-state index is 14.3. The van der Waals surface area contributed by atoms with Crippen LogP contribution in [0.4, 0.5) is 10.2 Å². The summed E-state index contributed by atoms with van der Waals surface area (Å²) < 4.78 is 26.1. The van der Waals surface area contributed by atoms with Crippen molar-refractivity contribution in [3.8, 4) is 16.9 Å². The molecule has 0 bridgehead atoms. The molecule has 7 nitrogen and oxygen atoms in total. The molecule has 1 aliphatic heterocycles. The molecule has 1 aliphatic rings. The minimum absolute atomic E-state index is 0.134. The number of aromatic nitrogens is 1. The minimum atomic E-state index is -0.970. The van der Waals surface area contributed by atoms with Crippen molar-refractivity contribution in [2.24, 2.45) is 5.92 Å². The number of carboxylic acids is 1. The Morgan fingerprint density at radius 2 is 1.84 bits per heavy atom. The van der Waals surface area contributed by atoms with Crippen LogP contribution in [0.3, 0.4) is 0 Å². The summed E-state index contributed by atoms with van der Waals surface area (Å²) in [7, 11) is 0. The molecular formula is C35H31FN2O5. The number of anilines is 1. The second-order valence-electron chi connectivity index (χ2n) is 10.9.